The van der Waals surface area contributed by atoms with E-state index in [0.29, 0.717) is 5.69 Å². The van der Waals surface area contributed by atoms with Crippen molar-refractivity contribution in [2.24, 2.45) is 0 Å². The number of carbonyl (C=O) groups excluding carboxylic acids is 1. The van der Waals surface area contributed by atoms with E-state index in [0.717, 1.165) is 0 Å². The van der Waals surface area contributed by atoms with E-state index in [1.807, 2.05) is 0 Å². The third kappa shape index (κ3) is 4.84. The minimum atomic E-state index is -4.86. The largest absolute Gasteiger partial charge is 1.00 e. The number of hydrogen-bond acceptors (Lipinski definition) is 3. The van der Waals surface area contributed by atoms with Crippen molar-refractivity contribution in [1.82, 2.24) is 0 Å². The molecule has 0 unspecified atom stereocenters. The fraction of sp³-hybridized carbons (Fsp3) is 0.125. The maximum absolute atomic E-state index is 10.8. The predicted molar refractivity (Wildman–Crippen MR) is 50.5 cm³/mol. The summed E-state index contributed by atoms with van der Waals surface area (Å²) >= 11 is -4.86. The molecule has 3 N–H and O–H groups in total. The Hall–Kier alpha value is -0.0716. The average molecular weight is 297 g/mol. The Bertz CT molecular complexity index is 401. The first-order chi connectivity index (χ1) is 6.93. The minimum Gasteiger partial charge on any atom is 1.00 e. The van der Waals surface area contributed by atoms with Crippen LogP contribution in [0.5, 0.6) is 0 Å². The van der Waals surface area contributed by atoms with Gasteiger partial charge in [-0.1, -0.05) is 0 Å². The number of nitrogens with one attached hydrogen (secondary N) is 1. The van der Waals surface area contributed by atoms with Crippen LogP contribution in [0.4, 0.5) is 5.69 Å². The average Bonchev–Trinajstić information content (AvgIpc) is 2.17. The molecule has 0 heterocycles. The third-order valence-electron chi connectivity index (χ3n) is 1.62. The maximum Gasteiger partial charge on any atom is 1.00 e. The van der Waals surface area contributed by atoms with Crippen molar-refractivity contribution in [3.63, 3.8) is 0 Å². The Morgan fingerprint density at radius 2 is 1.81 bits per heavy atom. The number of rotatable bonds is 3. The smallest absolute Gasteiger partial charge is 1.00 e. The third-order valence-corrected chi connectivity index (χ3v) is 3.66. The van der Waals surface area contributed by atoms with E-state index in [-0.39, 0.29) is 33.9 Å². The molecule has 8 heteroatoms. The van der Waals surface area contributed by atoms with Crippen LogP contribution in [0.15, 0.2) is 24.3 Å². The Balaban J connectivity index is 0.00000225. The predicted octanol–water partition coefficient (Wildman–Crippen LogP) is -5.45. The molecule has 1 rings (SSSR count). The summed E-state index contributed by atoms with van der Waals surface area (Å²) < 4.78 is 28.4. The topological polar surface area (TPSA) is 110 Å². The van der Waals surface area contributed by atoms with Gasteiger partial charge in [0.05, 0.1) is 0 Å². The molecule has 1 aromatic rings. The first kappa shape index (κ1) is 15.9. The van der Waals surface area contributed by atoms with E-state index in [1.165, 1.54) is 24.3 Å². The van der Waals surface area contributed by atoms with E-state index in [2.05, 4.69) is 5.32 Å². The molecule has 0 atom stereocenters. The van der Waals surface area contributed by atoms with Crippen molar-refractivity contribution in [3.05, 3.63) is 24.3 Å². The molecule has 0 fully saturated rings. The summed E-state index contributed by atoms with van der Waals surface area (Å²) in [6, 6.07) is 5.12. The van der Waals surface area contributed by atoms with E-state index >= 15 is 0 Å². The molecule has 0 bridgehead atoms. The maximum atomic E-state index is 10.8. The van der Waals surface area contributed by atoms with Gasteiger partial charge in [-0.25, -0.2) is 0 Å². The van der Waals surface area contributed by atoms with Crippen molar-refractivity contribution >= 4 is 30.1 Å². The second-order valence-corrected chi connectivity index (χ2v) is 6.15. The van der Waals surface area contributed by atoms with Gasteiger partial charge in [0.2, 0.25) is 0 Å². The van der Waals surface area contributed by atoms with Crippen LogP contribution in [0.25, 0.3) is 0 Å². The zero-order valence-electron chi connectivity index (χ0n) is 8.58. The van der Waals surface area contributed by atoms with Gasteiger partial charge >= 0.3 is 118 Å². The zero-order valence-corrected chi connectivity index (χ0v) is 12.5. The van der Waals surface area contributed by atoms with E-state index in [1.54, 1.807) is 0 Å². The van der Waals surface area contributed by atoms with Crippen LogP contribution in [0.1, 0.15) is 0 Å². The van der Waals surface area contributed by atoms with Crippen LogP contribution in [-0.4, -0.2) is 34.9 Å². The minimum absolute atomic E-state index is 0. The van der Waals surface area contributed by atoms with Crippen LogP contribution in [0.3, 0.4) is 0 Å². The fourth-order valence-electron chi connectivity index (χ4n) is 0.936. The molecule has 0 saturated heterocycles. The van der Waals surface area contributed by atoms with Crippen molar-refractivity contribution in [1.29, 1.82) is 0 Å². The van der Waals surface area contributed by atoms with Gasteiger partial charge in [0.1, 0.15) is 0 Å². The van der Waals surface area contributed by atoms with Crippen LogP contribution in [0, 0.1) is 0 Å². The van der Waals surface area contributed by atoms with Crippen molar-refractivity contribution in [3.8, 4) is 0 Å². The standard InChI is InChI=1S/C8H9AsNO5.Na/c11-5-8(12)10-7-3-1-6(2-4-7)9(13,14)15;/h1-4H,5H2,(H,10,12)(H2,13,14,15);/q-1;+1. The van der Waals surface area contributed by atoms with Gasteiger partial charge in [0.25, 0.3) is 0 Å². The summed E-state index contributed by atoms with van der Waals surface area (Å²) in [6.45, 7) is -0.885. The van der Waals surface area contributed by atoms with Crippen molar-refractivity contribution in [2.75, 3.05) is 11.9 Å². The van der Waals surface area contributed by atoms with Gasteiger partial charge < -0.3 is 0 Å². The summed E-state index contributed by atoms with van der Waals surface area (Å²) in [4.78, 5) is 10.7. The zero-order chi connectivity index (χ0) is 11.5. The number of hydrogen-bond donors (Lipinski definition) is 3. The number of carbonyl (C=O) groups is 1. The van der Waals surface area contributed by atoms with E-state index in [4.69, 9.17) is 8.19 Å². The first-order valence-corrected chi connectivity index (χ1v) is 7.36. The van der Waals surface area contributed by atoms with Gasteiger partial charge in [0.15, 0.2) is 0 Å². The van der Waals surface area contributed by atoms with Crippen molar-refractivity contribution < 1.29 is 51.4 Å². The Kier molecular flexibility index (Phi) is 6.58. The molecule has 1 amide bonds. The van der Waals surface area contributed by atoms with Crippen LogP contribution in [0.2, 0.25) is 0 Å². The van der Waals surface area contributed by atoms with E-state index < -0.39 is 26.7 Å². The quantitative estimate of drug-likeness (QED) is 0.482. The van der Waals surface area contributed by atoms with Gasteiger partial charge in [-0.2, -0.15) is 0 Å². The SMILES string of the molecule is O=C(C[O-])Nc1ccc([As](=O)(O)O)cc1.[Na+]. The second kappa shape index (κ2) is 6.61. The van der Waals surface area contributed by atoms with E-state index in [9.17, 15) is 13.6 Å². The Labute approximate surface area is 117 Å². The number of benzene rings is 1. The van der Waals surface area contributed by atoms with Gasteiger partial charge in [-0.3, -0.25) is 0 Å². The Morgan fingerprint density at radius 1 is 1.31 bits per heavy atom. The van der Waals surface area contributed by atoms with Crippen LogP contribution >= 0.6 is 0 Å². The molecule has 0 aliphatic rings. The van der Waals surface area contributed by atoms with Crippen LogP contribution < -0.4 is 44.3 Å². The number of amides is 1. The summed E-state index contributed by atoms with van der Waals surface area (Å²) in [6.07, 6.45) is 0. The molecule has 16 heavy (non-hydrogen) atoms. The van der Waals surface area contributed by atoms with Crippen LogP contribution in [-0.2, 0) is 8.53 Å². The molecule has 0 radical (unpaired) electrons. The molecule has 0 aliphatic heterocycles. The molecule has 82 valence electrons. The summed E-state index contributed by atoms with van der Waals surface area (Å²) in [7, 11) is 0. The van der Waals surface area contributed by atoms with Gasteiger partial charge in [-0.05, 0) is 0 Å². The molecule has 6 nitrogen and oxygen atoms in total. The van der Waals surface area contributed by atoms with Gasteiger partial charge in [0, 0.05) is 0 Å². The fourth-order valence-corrected chi connectivity index (χ4v) is 2.06. The molecule has 0 saturated carbocycles. The summed E-state index contributed by atoms with van der Waals surface area (Å²) in [5.74, 6) is -0.690. The first-order valence-electron chi connectivity index (χ1n) is 3.97. The number of anilines is 1. The monoisotopic (exact) mass is 297 g/mol. The summed E-state index contributed by atoms with van der Waals surface area (Å²) in [5, 5.41) is 12.4. The molecular weight excluding hydrogens is 288 g/mol. The van der Waals surface area contributed by atoms with Gasteiger partial charge in [-0.15, -0.1) is 0 Å². The molecule has 1 aromatic carbocycles. The second-order valence-electron chi connectivity index (χ2n) is 2.78. The Morgan fingerprint density at radius 3 is 2.19 bits per heavy atom. The molecule has 0 aromatic heterocycles. The molecule has 0 spiro atoms. The molecule has 0 aliphatic carbocycles. The van der Waals surface area contributed by atoms with Crippen molar-refractivity contribution in [2.45, 2.75) is 0 Å². The normalized spacial score (nSPS) is 10.4. The summed E-state index contributed by atoms with van der Waals surface area (Å²) in [5.41, 5.74) is 0.337. The molecular formula is C8H9AsNNaO5.